The molecule has 1 aliphatic heterocycles. The third-order valence-corrected chi connectivity index (χ3v) is 6.20. The zero-order chi connectivity index (χ0) is 22.7. The maximum atomic E-state index is 12.1. The number of anilines is 1. The lowest BCUT2D eigenvalue weighted by Crippen LogP contribution is -2.37. The largest absolute Gasteiger partial charge is 0.378 e. The maximum Gasteiger partial charge on any atom is 0.238 e. The SMILES string of the molecule is Cc1ncc(C#Cc2c(C)ncnc2N2CCOCC2)cc1-c1ccccc1S(N)(=O)=O. The zero-order valence-electron chi connectivity index (χ0n) is 17.9. The number of hydrogen-bond donors (Lipinski definition) is 1. The molecule has 0 saturated carbocycles. The Morgan fingerprint density at radius 1 is 1.00 bits per heavy atom. The lowest BCUT2D eigenvalue weighted by molar-refractivity contribution is 0.122. The molecule has 0 unspecified atom stereocenters. The van der Waals surface area contributed by atoms with Crippen molar-refractivity contribution in [1.82, 2.24) is 15.0 Å². The lowest BCUT2D eigenvalue weighted by atomic mass is 10.0. The molecule has 1 aromatic carbocycles. The van der Waals surface area contributed by atoms with E-state index in [0.29, 0.717) is 35.6 Å². The molecular formula is C23H23N5O3S. The second kappa shape index (κ2) is 9.04. The van der Waals surface area contributed by atoms with Crippen molar-refractivity contribution in [1.29, 1.82) is 0 Å². The fourth-order valence-electron chi connectivity index (χ4n) is 3.57. The van der Waals surface area contributed by atoms with Crippen molar-refractivity contribution in [3.8, 4) is 23.0 Å². The predicted octanol–water partition coefficient (Wildman–Crippen LogP) is 2.04. The number of nitrogens with two attached hydrogens (primary N) is 1. The quantitative estimate of drug-likeness (QED) is 0.609. The molecule has 164 valence electrons. The van der Waals surface area contributed by atoms with Gasteiger partial charge < -0.3 is 9.64 Å². The third-order valence-electron chi connectivity index (χ3n) is 5.23. The van der Waals surface area contributed by atoms with Crippen LogP contribution in [-0.4, -0.2) is 49.7 Å². The minimum Gasteiger partial charge on any atom is -0.378 e. The van der Waals surface area contributed by atoms with E-state index in [4.69, 9.17) is 9.88 Å². The Morgan fingerprint density at radius 3 is 2.50 bits per heavy atom. The minimum absolute atomic E-state index is 0.0527. The van der Waals surface area contributed by atoms with Crippen LogP contribution >= 0.6 is 0 Å². The van der Waals surface area contributed by atoms with Crippen molar-refractivity contribution in [2.24, 2.45) is 5.14 Å². The van der Waals surface area contributed by atoms with Crippen LogP contribution in [0.15, 0.2) is 47.8 Å². The Morgan fingerprint density at radius 2 is 1.75 bits per heavy atom. The molecule has 1 aliphatic rings. The number of aryl methyl sites for hydroxylation is 2. The molecule has 0 aliphatic carbocycles. The van der Waals surface area contributed by atoms with E-state index in [1.807, 2.05) is 19.9 Å². The summed E-state index contributed by atoms with van der Waals surface area (Å²) in [7, 11) is -3.89. The number of ether oxygens (including phenoxy) is 1. The van der Waals surface area contributed by atoms with Gasteiger partial charge in [-0.3, -0.25) is 4.98 Å². The monoisotopic (exact) mass is 449 g/mol. The van der Waals surface area contributed by atoms with Crippen molar-refractivity contribution in [3.05, 3.63) is 65.4 Å². The van der Waals surface area contributed by atoms with Crippen LogP contribution < -0.4 is 10.0 Å². The number of sulfonamides is 1. The first kappa shape index (κ1) is 21.9. The van der Waals surface area contributed by atoms with Gasteiger partial charge in [-0.05, 0) is 26.0 Å². The molecule has 9 heteroatoms. The van der Waals surface area contributed by atoms with E-state index in [-0.39, 0.29) is 4.90 Å². The van der Waals surface area contributed by atoms with Crippen molar-refractivity contribution < 1.29 is 13.2 Å². The summed E-state index contributed by atoms with van der Waals surface area (Å²) >= 11 is 0. The van der Waals surface area contributed by atoms with Gasteiger partial charge in [-0.1, -0.05) is 30.0 Å². The normalized spacial score (nSPS) is 14.0. The fourth-order valence-corrected chi connectivity index (χ4v) is 4.32. The van der Waals surface area contributed by atoms with E-state index in [1.54, 1.807) is 30.7 Å². The standard InChI is InChI=1S/C23H23N5O3S/c1-16-19(23(27-15-26-16)28-9-11-31-12-10-28)8-7-18-13-21(17(2)25-14-18)20-5-3-4-6-22(20)32(24,29)30/h3-6,13-15H,9-12H2,1-2H3,(H2,24,29,30). The molecule has 3 heterocycles. The summed E-state index contributed by atoms with van der Waals surface area (Å²) in [4.78, 5) is 15.4. The van der Waals surface area contributed by atoms with Crippen molar-refractivity contribution >= 4 is 15.8 Å². The van der Waals surface area contributed by atoms with Crippen LogP contribution in [0, 0.1) is 25.7 Å². The number of pyridine rings is 1. The minimum atomic E-state index is -3.89. The maximum absolute atomic E-state index is 12.1. The van der Waals surface area contributed by atoms with Crippen LogP contribution in [0.4, 0.5) is 5.82 Å². The molecule has 0 radical (unpaired) electrons. The average molecular weight is 450 g/mol. The molecule has 0 amide bonds. The number of primary sulfonamides is 1. The topological polar surface area (TPSA) is 111 Å². The zero-order valence-corrected chi connectivity index (χ0v) is 18.7. The van der Waals surface area contributed by atoms with Crippen LogP contribution in [0.5, 0.6) is 0 Å². The second-order valence-electron chi connectivity index (χ2n) is 7.41. The highest BCUT2D eigenvalue weighted by Crippen LogP contribution is 2.29. The Balaban J connectivity index is 1.76. The molecular weight excluding hydrogens is 426 g/mol. The molecule has 4 rings (SSSR count). The summed E-state index contributed by atoms with van der Waals surface area (Å²) in [5.41, 5.74) is 4.02. The molecule has 0 atom stereocenters. The van der Waals surface area contributed by atoms with Gasteiger partial charge in [-0.25, -0.2) is 23.5 Å². The Labute approximate surface area is 187 Å². The van der Waals surface area contributed by atoms with E-state index in [9.17, 15) is 8.42 Å². The summed E-state index contributed by atoms with van der Waals surface area (Å²) in [5, 5.41) is 5.42. The van der Waals surface area contributed by atoms with Crippen LogP contribution in [0.1, 0.15) is 22.5 Å². The van der Waals surface area contributed by atoms with E-state index in [0.717, 1.165) is 30.2 Å². The van der Waals surface area contributed by atoms with Gasteiger partial charge in [0.1, 0.15) is 12.1 Å². The Kier molecular flexibility index (Phi) is 6.19. The summed E-state index contributed by atoms with van der Waals surface area (Å²) in [6.45, 7) is 6.49. The Bertz CT molecular complexity index is 1320. The van der Waals surface area contributed by atoms with Gasteiger partial charge >= 0.3 is 0 Å². The molecule has 1 saturated heterocycles. The van der Waals surface area contributed by atoms with Crippen molar-refractivity contribution in [3.63, 3.8) is 0 Å². The fraction of sp³-hybridized carbons (Fsp3) is 0.261. The van der Waals surface area contributed by atoms with Gasteiger partial charge in [0.25, 0.3) is 0 Å². The summed E-state index contributed by atoms with van der Waals surface area (Å²) in [6.07, 6.45) is 3.21. The van der Waals surface area contributed by atoms with Crippen molar-refractivity contribution in [2.75, 3.05) is 31.2 Å². The lowest BCUT2D eigenvalue weighted by Gasteiger charge is -2.28. The van der Waals surface area contributed by atoms with Gasteiger partial charge in [0.15, 0.2) is 0 Å². The van der Waals surface area contributed by atoms with E-state index >= 15 is 0 Å². The number of morpholine rings is 1. The van der Waals surface area contributed by atoms with E-state index in [2.05, 4.69) is 31.7 Å². The predicted molar refractivity (Wildman–Crippen MR) is 122 cm³/mol. The van der Waals surface area contributed by atoms with Crippen LogP contribution in [0.25, 0.3) is 11.1 Å². The highest BCUT2D eigenvalue weighted by molar-refractivity contribution is 7.89. The van der Waals surface area contributed by atoms with Crippen LogP contribution in [0.3, 0.4) is 0 Å². The smallest absolute Gasteiger partial charge is 0.238 e. The molecule has 0 spiro atoms. The second-order valence-corrected chi connectivity index (χ2v) is 8.94. The van der Waals surface area contributed by atoms with Gasteiger partial charge in [-0.15, -0.1) is 0 Å². The first-order chi connectivity index (χ1) is 15.3. The van der Waals surface area contributed by atoms with E-state index in [1.165, 1.54) is 6.07 Å². The summed E-state index contributed by atoms with van der Waals surface area (Å²) < 4.78 is 29.6. The molecule has 0 bridgehead atoms. The molecule has 32 heavy (non-hydrogen) atoms. The highest BCUT2D eigenvalue weighted by Gasteiger charge is 2.18. The molecule has 8 nitrogen and oxygen atoms in total. The first-order valence-corrected chi connectivity index (χ1v) is 11.6. The number of rotatable bonds is 3. The molecule has 2 N–H and O–H groups in total. The average Bonchev–Trinajstić information content (AvgIpc) is 2.79. The highest BCUT2D eigenvalue weighted by atomic mass is 32.2. The first-order valence-electron chi connectivity index (χ1n) is 10.1. The molecule has 3 aromatic rings. The number of nitrogens with zero attached hydrogens (tertiary/aromatic N) is 4. The van der Waals surface area contributed by atoms with Gasteiger partial charge in [0.05, 0.1) is 29.4 Å². The van der Waals surface area contributed by atoms with Crippen molar-refractivity contribution in [2.45, 2.75) is 18.7 Å². The summed E-state index contributed by atoms with van der Waals surface area (Å²) in [6, 6.07) is 8.43. The summed E-state index contributed by atoms with van der Waals surface area (Å²) in [5.74, 6) is 7.13. The molecule has 1 fully saturated rings. The number of aromatic nitrogens is 3. The van der Waals surface area contributed by atoms with Gasteiger partial charge in [0, 0.05) is 41.7 Å². The number of benzene rings is 1. The van der Waals surface area contributed by atoms with E-state index < -0.39 is 10.0 Å². The van der Waals surface area contributed by atoms with Crippen LogP contribution in [-0.2, 0) is 14.8 Å². The Hall–Kier alpha value is -3.32. The molecule has 2 aromatic heterocycles. The van der Waals surface area contributed by atoms with Gasteiger partial charge in [0.2, 0.25) is 10.0 Å². The third kappa shape index (κ3) is 4.62. The van der Waals surface area contributed by atoms with Crippen LogP contribution in [0.2, 0.25) is 0 Å². The number of hydrogen-bond acceptors (Lipinski definition) is 7. The van der Waals surface area contributed by atoms with Gasteiger partial charge in [-0.2, -0.15) is 0 Å².